The molecule has 0 aromatic heterocycles. The second-order valence-electron chi connectivity index (χ2n) is 4.24. The van der Waals surface area contributed by atoms with Crippen molar-refractivity contribution in [3.05, 3.63) is 23.8 Å². The van der Waals surface area contributed by atoms with E-state index in [1.54, 1.807) is 6.07 Å². The van der Waals surface area contributed by atoms with Crippen LogP contribution < -0.4 is 15.2 Å². The predicted octanol–water partition coefficient (Wildman–Crippen LogP) is 1.32. The maximum Gasteiger partial charge on any atom is 0.127 e. The van der Waals surface area contributed by atoms with E-state index in [9.17, 15) is 5.11 Å². The van der Waals surface area contributed by atoms with E-state index in [1.165, 1.54) is 7.11 Å². The molecule has 5 heteroatoms. The Hall–Kier alpha value is -1.30. The van der Waals surface area contributed by atoms with Crippen LogP contribution in [0.15, 0.2) is 18.2 Å². The molecule has 0 radical (unpaired) electrons. The van der Waals surface area contributed by atoms with Gasteiger partial charge in [0, 0.05) is 25.3 Å². The van der Waals surface area contributed by atoms with Crippen LogP contribution in [0.3, 0.4) is 0 Å². The molecular weight excluding hydrogens is 246 g/mol. The average Bonchev–Trinajstić information content (AvgIpc) is 2.43. The molecule has 1 aromatic rings. The average molecular weight is 269 g/mol. The Balaban J connectivity index is 2.66. The minimum absolute atomic E-state index is 0.165. The largest absolute Gasteiger partial charge is 0.493 e. The first-order valence-electron chi connectivity index (χ1n) is 6.46. The van der Waals surface area contributed by atoms with Crippen molar-refractivity contribution in [3.63, 3.8) is 0 Å². The minimum Gasteiger partial charge on any atom is -0.493 e. The van der Waals surface area contributed by atoms with Gasteiger partial charge in [-0.25, -0.2) is 0 Å². The second-order valence-corrected chi connectivity index (χ2v) is 4.24. The summed E-state index contributed by atoms with van der Waals surface area (Å²) in [5.74, 6) is 1.39. The van der Waals surface area contributed by atoms with Crippen molar-refractivity contribution in [1.82, 2.24) is 0 Å². The SMILES string of the molecule is CCCOc1ccc(CN)c(OCC(O)COC)c1. The summed E-state index contributed by atoms with van der Waals surface area (Å²) in [7, 11) is 1.54. The Labute approximate surface area is 114 Å². The highest BCUT2D eigenvalue weighted by molar-refractivity contribution is 5.40. The van der Waals surface area contributed by atoms with Gasteiger partial charge in [-0.05, 0) is 12.5 Å². The molecule has 1 aromatic carbocycles. The minimum atomic E-state index is -0.657. The van der Waals surface area contributed by atoms with E-state index in [0.717, 1.165) is 17.7 Å². The number of hydrogen-bond acceptors (Lipinski definition) is 5. The number of aliphatic hydroxyl groups excluding tert-OH is 1. The topological polar surface area (TPSA) is 73.9 Å². The zero-order valence-electron chi connectivity index (χ0n) is 11.6. The van der Waals surface area contributed by atoms with Crippen molar-refractivity contribution in [2.75, 3.05) is 26.9 Å². The zero-order valence-corrected chi connectivity index (χ0v) is 11.6. The molecule has 3 N–H and O–H groups in total. The molecule has 108 valence electrons. The first-order valence-corrected chi connectivity index (χ1v) is 6.46. The number of nitrogens with two attached hydrogens (primary N) is 1. The molecule has 1 atom stereocenters. The Kier molecular flexibility index (Phi) is 7.25. The summed E-state index contributed by atoms with van der Waals surface area (Å²) in [6.07, 6.45) is 0.289. The molecule has 0 fully saturated rings. The molecular formula is C14H23NO4. The van der Waals surface area contributed by atoms with Gasteiger partial charge in [0.15, 0.2) is 0 Å². The van der Waals surface area contributed by atoms with Gasteiger partial charge in [0.05, 0.1) is 13.2 Å². The predicted molar refractivity (Wildman–Crippen MR) is 73.5 cm³/mol. The normalized spacial score (nSPS) is 12.2. The van der Waals surface area contributed by atoms with Crippen molar-refractivity contribution in [2.24, 2.45) is 5.73 Å². The van der Waals surface area contributed by atoms with Crippen LogP contribution >= 0.6 is 0 Å². The molecule has 1 rings (SSSR count). The molecule has 0 saturated carbocycles. The van der Waals surface area contributed by atoms with E-state index in [-0.39, 0.29) is 13.2 Å². The summed E-state index contributed by atoms with van der Waals surface area (Å²) in [5, 5.41) is 9.57. The van der Waals surface area contributed by atoms with Crippen LogP contribution in [-0.2, 0) is 11.3 Å². The molecule has 19 heavy (non-hydrogen) atoms. The van der Waals surface area contributed by atoms with Gasteiger partial charge in [0.2, 0.25) is 0 Å². The molecule has 0 spiro atoms. The van der Waals surface area contributed by atoms with Crippen LogP contribution in [-0.4, -0.2) is 38.1 Å². The van der Waals surface area contributed by atoms with Crippen LogP contribution in [0.4, 0.5) is 0 Å². The molecule has 0 amide bonds. The number of hydrogen-bond donors (Lipinski definition) is 2. The van der Waals surface area contributed by atoms with E-state index < -0.39 is 6.10 Å². The third-order valence-corrected chi connectivity index (χ3v) is 2.52. The molecule has 0 aliphatic rings. The fraction of sp³-hybridized carbons (Fsp3) is 0.571. The molecule has 0 bridgehead atoms. The summed E-state index contributed by atoms with van der Waals surface area (Å²) < 4.78 is 16.0. The number of methoxy groups -OCH3 is 1. The van der Waals surface area contributed by atoms with Gasteiger partial charge in [0.25, 0.3) is 0 Å². The summed E-state index contributed by atoms with van der Waals surface area (Å²) >= 11 is 0. The molecule has 0 aliphatic heterocycles. The maximum absolute atomic E-state index is 9.57. The summed E-state index contributed by atoms with van der Waals surface area (Å²) in [6.45, 7) is 3.49. The number of ether oxygens (including phenoxy) is 3. The lowest BCUT2D eigenvalue weighted by Gasteiger charge is -2.15. The van der Waals surface area contributed by atoms with Crippen molar-refractivity contribution < 1.29 is 19.3 Å². The van der Waals surface area contributed by atoms with Gasteiger partial charge in [-0.15, -0.1) is 0 Å². The number of aliphatic hydroxyl groups is 1. The van der Waals surface area contributed by atoms with Crippen LogP contribution in [0, 0.1) is 0 Å². The smallest absolute Gasteiger partial charge is 0.127 e. The van der Waals surface area contributed by atoms with Crippen LogP contribution in [0.25, 0.3) is 0 Å². The fourth-order valence-corrected chi connectivity index (χ4v) is 1.57. The third-order valence-electron chi connectivity index (χ3n) is 2.52. The first kappa shape index (κ1) is 15.8. The van der Waals surface area contributed by atoms with E-state index in [4.69, 9.17) is 19.9 Å². The van der Waals surface area contributed by atoms with Crippen molar-refractivity contribution in [1.29, 1.82) is 0 Å². The highest BCUT2D eigenvalue weighted by Gasteiger charge is 2.09. The van der Waals surface area contributed by atoms with E-state index >= 15 is 0 Å². The van der Waals surface area contributed by atoms with Gasteiger partial charge in [-0.1, -0.05) is 13.0 Å². The molecule has 0 saturated heterocycles. The van der Waals surface area contributed by atoms with Crippen LogP contribution in [0.2, 0.25) is 0 Å². The zero-order chi connectivity index (χ0) is 14.1. The second kappa shape index (κ2) is 8.74. The van der Waals surface area contributed by atoms with E-state index in [0.29, 0.717) is 18.9 Å². The first-order chi connectivity index (χ1) is 9.21. The summed E-state index contributed by atoms with van der Waals surface area (Å²) in [4.78, 5) is 0. The highest BCUT2D eigenvalue weighted by Crippen LogP contribution is 2.25. The molecule has 0 heterocycles. The quantitative estimate of drug-likeness (QED) is 0.707. The lowest BCUT2D eigenvalue weighted by Crippen LogP contribution is -2.23. The van der Waals surface area contributed by atoms with Gasteiger partial charge in [-0.2, -0.15) is 0 Å². The molecule has 1 unspecified atom stereocenters. The Bertz CT molecular complexity index is 370. The maximum atomic E-state index is 9.57. The van der Waals surface area contributed by atoms with Gasteiger partial charge < -0.3 is 25.1 Å². The Morgan fingerprint density at radius 1 is 1.26 bits per heavy atom. The fourth-order valence-electron chi connectivity index (χ4n) is 1.57. The van der Waals surface area contributed by atoms with Crippen LogP contribution in [0.1, 0.15) is 18.9 Å². The van der Waals surface area contributed by atoms with Crippen molar-refractivity contribution >= 4 is 0 Å². The lowest BCUT2D eigenvalue weighted by atomic mass is 10.2. The summed E-state index contributed by atoms with van der Waals surface area (Å²) in [5.41, 5.74) is 6.54. The van der Waals surface area contributed by atoms with Gasteiger partial charge in [0.1, 0.15) is 24.2 Å². The lowest BCUT2D eigenvalue weighted by molar-refractivity contribution is 0.0322. The van der Waals surface area contributed by atoms with E-state index in [1.807, 2.05) is 19.1 Å². The molecule has 5 nitrogen and oxygen atoms in total. The van der Waals surface area contributed by atoms with Crippen molar-refractivity contribution in [3.8, 4) is 11.5 Å². The van der Waals surface area contributed by atoms with Gasteiger partial charge in [-0.3, -0.25) is 0 Å². The van der Waals surface area contributed by atoms with Gasteiger partial charge >= 0.3 is 0 Å². The van der Waals surface area contributed by atoms with Crippen molar-refractivity contribution in [2.45, 2.75) is 26.0 Å². The monoisotopic (exact) mass is 269 g/mol. The standard InChI is InChI=1S/C14H23NO4/c1-3-6-18-13-5-4-11(8-15)14(7-13)19-10-12(16)9-17-2/h4-5,7,12,16H,3,6,8-10,15H2,1-2H3. The highest BCUT2D eigenvalue weighted by atomic mass is 16.5. The number of rotatable bonds is 9. The Morgan fingerprint density at radius 2 is 2.05 bits per heavy atom. The third kappa shape index (κ3) is 5.46. The molecule has 0 aliphatic carbocycles. The Morgan fingerprint density at radius 3 is 2.68 bits per heavy atom. The summed E-state index contributed by atoms with van der Waals surface area (Å²) in [6, 6.07) is 5.55. The number of benzene rings is 1. The van der Waals surface area contributed by atoms with E-state index in [2.05, 4.69) is 0 Å². The van der Waals surface area contributed by atoms with Crippen LogP contribution in [0.5, 0.6) is 11.5 Å².